The number of halogens is 4. The van der Waals surface area contributed by atoms with Crippen molar-refractivity contribution >= 4 is 29.1 Å². The molecule has 2 aromatic carbocycles. The van der Waals surface area contributed by atoms with Gasteiger partial charge in [-0.25, -0.2) is 8.78 Å². The van der Waals surface area contributed by atoms with E-state index in [0.717, 1.165) is 18.2 Å². The highest BCUT2D eigenvalue weighted by atomic mass is 35.5. The highest BCUT2D eigenvalue weighted by molar-refractivity contribution is 6.43. The van der Waals surface area contributed by atoms with Crippen LogP contribution in [-0.4, -0.2) is 5.91 Å². The van der Waals surface area contributed by atoms with Crippen LogP contribution < -0.4 is 5.32 Å². The van der Waals surface area contributed by atoms with Crippen LogP contribution >= 0.6 is 23.2 Å². The maximum Gasteiger partial charge on any atom is 0.253 e. The van der Waals surface area contributed by atoms with E-state index < -0.39 is 23.6 Å². The Morgan fingerprint density at radius 3 is 2.62 bits per heavy atom. The van der Waals surface area contributed by atoms with Gasteiger partial charge < -0.3 is 5.32 Å². The van der Waals surface area contributed by atoms with E-state index in [0.29, 0.717) is 0 Å². The van der Waals surface area contributed by atoms with E-state index in [4.69, 9.17) is 23.2 Å². The molecule has 0 bridgehead atoms. The van der Waals surface area contributed by atoms with Crippen LogP contribution in [0.15, 0.2) is 36.4 Å². The molecule has 0 saturated heterocycles. The highest BCUT2D eigenvalue weighted by Crippen LogP contribution is 2.26. The van der Waals surface area contributed by atoms with Gasteiger partial charge in [0.2, 0.25) is 0 Å². The van der Waals surface area contributed by atoms with Gasteiger partial charge in [0.1, 0.15) is 11.6 Å². The maximum atomic E-state index is 13.7. The number of nitrogens with one attached hydrogen (secondary N) is 1. The second-order valence-corrected chi connectivity index (χ2v) is 5.25. The lowest BCUT2D eigenvalue weighted by atomic mass is 10.1. The van der Waals surface area contributed by atoms with Crippen LogP contribution in [0, 0.1) is 11.6 Å². The zero-order valence-corrected chi connectivity index (χ0v) is 12.5. The van der Waals surface area contributed by atoms with Crippen molar-refractivity contribution in [2.75, 3.05) is 0 Å². The molecule has 0 aliphatic heterocycles. The molecule has 1 atom stereocenters. The van der Waals surface area contributed by atoms with E-state index in [2.05, 4.69) is 5.32 Å². The largest absolute Gasteiger partial charge is 0.345 e. The fourth-order valence-corrected chi connectivity index (χ4v) is 2.26. The minimum atomic E-state index is -0.719. The number of amides is 1. The molecule has 2 rings (SSSR count). The lowest BCUT2D eigenvalue weighted by Gasteiger charge is -2.16. The predicted octanol–water partition coefficient (Wildman–Crippen LogP) is 4.76. The lowest BCUT2D eigenvalue weighted by molar-refractivity contribution is 0.0939. The quantitative estimate of drug-likeness (QED) is 0.863. The van der Waals surface area contributed by atoms with Crippen LogP contribution in [0.1, 0.15) is 28.9 Å². The Morgan fingerprint density at radius 1 is 1.19 bits per heavy atom. The van der Waals surface area contributed by atoms with Crippen molar-refractivity contribution in [2.45, 2.75) is 13.0 Å². The van der Waals surface area contributed by atoms with Crippen LogP contribution in [0.4, 0.5) is 8.78 Å². The molecule has 0 heterocycles. The molecule has 0 fully saturated rings. The van der Waals surface area contributed by atoms with Crippen LogP contribution in [0.5, 0.6) is 0 Å². The van der Waals surface area contributed by atoms with E-state index in [1.165, 1.54) is 6.07 Å². The molecular weight excluding hydrogens is 319 g/mol. The average molecular weight is 330 g/mol. The normalized spacial score (nSPS) is 12.0. The molecule has 0 saturated carbocycles. The Bertz CT molecular complexity index is 691. The molecule has 2 aromatic rings. The van der Waals surface area contributed by atoms with E-state index in [1.807, 2.05) is 0 Å². The molecule has 0 aliphatic carbocycles. The zero-order chi connectivity index (χ0) is 15.6. The van der Waals surface area contributed by atoms with Gasteiger partial charge >= 0.3 is 0 Å². The first kappa shape index (κ1) is 15.7. The van der Waals surface area contributed by atoms with Gasteiger partial charge in [-0.1, -0.05) is 29.3 Å². The first-order chi connectivity index (χ1) is 9.90. The van der Waals surface area contributed by atoms with Gasteiger partial charge in [0, 0.05) is 5.56 Å². The van der Waals surface area contributed by atoms with Crippen molar-refractivity contribution in [2.24, 2.45) is 0 Å². The van der Waals surface area contributed by atoms with E-state index in [1.54, 1.807) is 19.1 Å². The van der Waals surface area contributed by atoms with E-state index in [-0.39, 0.29) is 21.2 Å². The summed E-state index contributed by atoms with van der Waals surface area (Å²) < 4.78 is 26.8. The van der Waals surface area contributed by atoms with Gasteiger partial charge in [-0.15, -0.1) is 0 Å². The topological polar surface area (TPSA) is 29.1 Å². The Labute approximate surface area is 130 Å². The molecular formula is C15H11Cl2F2NO. The summed E-state index contributed by atoms with van der Waals surface area (Å²) >= 11 is 11.8. The molecule has 1 N–H and O–H groups in total. The van der Waals surface area contributed by atoms with Gasteiger partial charge in [-0.3, -0.25) is 4.79 Å². The molecule has 0 spiro atoms. The standard InChI is InChI=1S/C15H11Cl2F2NO/c1-8(11-7-9(18)5-6-13(11)19)20-15(21)10-3-2-4-12(16)14(10)17/h2-8H,1H3,(H,20,21). The molecule has 6 heteroatoms. The smallest absolute Gasteiger partial charge is 0.253 e. The van der Waals surface area contributed by atoms with E-state index in [9.17, 15) is 13.6 Å². The minimum absolute atomic E-state index is 0.0569. The van der Waals surface area contributed by atoms with Crippen molar-refractivity contribution in [1.82, 2.24) is 5.32 Å². The van der Waals surface area contributed by atoms with Crippen LogP contribution in [0.3, 0.4) is 0 Å². The van der Waals surface area contributed by atoms with Crippen LogP contribution in [0.25, 0.3) is 0 Å². The van der Waals surface area contributed by atoms with Gasteiger partial charge in [0.25, 0.3) is 5.91 Å². The fraction of sp³-hybridized carbons (Fsp3) is 0.133. The summed E-state index contributed by atoms with van der Waals surface area (Å²) in [7, 11) is 0. The van der Waals surface area contributed by atoms with Gasteiger partial charge in [-0.05, 0) is 37.3 Å². The SMILES string of the molecule is CC(NC(=O)c1cccc(Cl)c1Cl)c1cc(F)ccc1F. The Balaban J connectivity index is 2.23. The number of benzene rings is 2. The van der Waals surface area contributed by atoms with Crippen molar-refractivity contribution < 1.29 is 13.6 Å². The van der Waals surface area contributed by atoms with Gasteiger partial charge in [-0.2, -0.15) is 0 Å². The second kappa shape index (κ2) is 6.41. The van der Waals surface area contributed by atoms with Gasteiger partial charge in [0.05, 0.1) is 21.7 Å². The number of hydrogen-bond acceptors (Lipinski definition) is 1. The number of carbonyl (C=O) groups is 1. The Morgan fingerprint density at radius 2 is 1.90 bits per heavy atom. The maximum absolute atomic E-state index is 13.7. The molecule has 0 radical (unpaired) electrons. The summed E-state index contributed by atoms with van der Waals surface area (Å²) in [5, 5.41) is 2.92. The van der Waals surface area contributed by atoms with Crippen molar-refractivity contribution in [3.8, 4) is 0 Å². The molecule has 2 nitrogen and oxygen atoms in total. The molecule has 110 valence electrons. The summed E-state index contributed by atoms with van der Waals surface area (Å²) in [5.41, 5.74) is 0.231. The zero-order valence-electron chi connectivity index (χ0n) is 11.0. The Kier molecular flexibility index (Phi) is 4.80. The molecule has 1 unspecified atom stereocenters. The third-order valence-corrected chi connectivity index (χ3v) is 3.79. The summed E-state index contributed by atoms with van der Waals surface area (Å²) in [6.45, 7) is 1.55. The first-order valence-electron chi connectivity index (χ1n) is 6.10. The number of hydrogen-bond donors (Lipinski definition) is 1. The summed E-state index contributed by atoms with van der Waals surface area (Å²) in [4.78, 5) is 12.1. The fourth-order valence-electron chi connectivity index (χ4n) is 1.88. The monoisotopic (exact) mass is 329 g/mol. The summed E-state index contributed by atoms with van der Waals surface area (Å²) in [6.07, 6.45) is 0. The lowest BCUT2D eigenvalue weighted by Crippen LogP contribution is -2.27. The van der Waals surface area contributed by atoms with Crippen molar-refractivity contribution in [3.63, 3.8) is 0 Å². The number of rotatable bonds is 3. The first-order valence-corrected chi connectivity index (χ1v) is 6.85. The second-order valence-electron chi connectivity index (χ2n) is 4.46. The average Bonchev–Trinajstić information content (AvgIpc) is 2.44. The highest BCUT2D eigenvalue weighted by Gasteiger charge is 2.18. The third-order valence-electron chi connectivity index (χ3n) is 2.97. The third kappa shape index (κ3) is 3.52. The summed E-state index contributed by atoms with van der Waals surface area (Å²) in [6, 6.07) is 6.98. The summed E-state index contributed by atoms with van der Waals surface area (Å²) in [5.74, 6) is -1.69. The van der Waals surface area contributed by atoms with E-state index >= 15 is 0 Å². The molecule has 0 aromatic heterocycles. The molecule has 0 aliphatic rings. The van der Waals surface area contributed by atoms with Crippen LogP contribution in [0.2, 0.25) is 10.0 Å². The van der Waals surface area contributed by atoms with Crippen molar-refractivity contribution in [3.05, 3.63) is 69.2 Å². The minimum Gasteiger partial charge on any atom is -0.345 e. The molecule has 21 heavy (non-hydrogen) atoms. The van der Waals surface area contributed by atoms with Crippen LogP contribution in [-0.2, 0) is 0 Å². The number of carbonyl (C=O) groups excluding carboxylic acids is 1. The molecule has 1 amide bonds. The Hall–Kier alpha value is -1.65. The predicted molar refractivity (Wildman–Crippen MR) is 78.7 cm³/mol. The van der Waals surface area contributed by atoms with Crippen molar-refractivity contribution in [1.29, 1.82) is 0 Å². The van der Waals surface area contributed by atoms with Gasteiger partial charge in [0.15, 0.2) is 0 Å².